The van der Waals surface area contributed by atoms with Gasteiger partial charge in [-0.2, -0.15) is 0 Å². The second-order valence-corrected chi connectivity index (χ2v) is 6.74. The number of rotatable bonds is 3. The Morgan fingerprint density at radius 1 is 1.42 bits per heavy atom. The predicted molar refractivity (Wildman–Crippen MR) is 78.3 cm³/mol. The lowest BCUT2D eigenvalue weighted by Gasteiger charge is -2.30. The number of ether oxygens (including phenoxy) is 1. The lowest BCUT2D eigenvalue weighted by atomic mass is 9.95. The molecule has 1 N–H and O–H groups in total. The fraction of sp³-hybridized carbons (Fsp3) is 0.933. The highest BCUT2D eigenvalue weighted by Gasteiger charge is 2.25. The van der Waals surface area contributed by atoms with Crippen LogP contribution in [0.15, 0.2) is 0 Å². The molecule has 1 saturated heterocycles. The summed E-state index contributed by atoms with van der Waals surface area (Å²) in [4.78, 5) is 13.7. The molecule has 112 valence electrons. The van der Waals surface area contributed by atoms with Crippen molar-refractivity contribution in [1.82, 2.24) is 10.2 Å². The molecule has 4 nitrogen and oxygen atoms in total. The Bertz CT molecular complexity index is 278. The van der Waals surface area contributed by atoms with E-state index in [0.29, 0.717) is 5.92 Å². The molecule has 2 atom stereocenters. The maximum Gasteiger partial charge on any atom is 0.410 e. The van der Waals surface area contributed by atoms with Crippen molar-refractivity contribution in [3.05, 3.63) is 0 Å². The first-order valence-electron chi connectivity index (χ1n) is 7.46. The van der Waals surface area contributed by atoms with Gasteiger partial charge in [0, 0.05) is 13.1 Å². The summed E-state index contributed by atoms with van der Waals surface area (Å²) in [6.07, 6.45) is 4.65. The molecule has 1 amide bonds. The van der Waals surface area contributed by atoms with Crippen LogP contribution in [-0.4, -0.2) is 42.8 Å². The summed E-state index contributed by atoms with van der Waals surface area (Å²) in [5.74, 6) is 0.669. The van der Waals surface area contributed by atoms with Gasteiger partial charge in [-0.25, -0.2) is 4.79 Å². The van der Waals surface area contributed by atoms with Crippen LogP contribution in [0.3, 0.4) is 0 Å². The topological polar surface area (TPSA) is 41.6 Å². The average Bonchev–Trinajstić information content (AvgIpc) is 2.54. The lowest BCUT2D eigenvalue weighted by molar-refractivity contribution is 0.0216. The van der Waals surface area contributed by atoms with Gasteiger partial charge in [-0.1, -0.05) is 6.42 Å². The Hall–Kier alpha value is -0.770. The summed E-state index contributed by atoms with van der Waals surface area (Å²) in [5, 5.41) is 3.47. The Morgan fingerprint density at radius 2 is 2.11 bits per heavy atom. The van der Waals surface area contributed by atoms with Crippen LogP contribution in [0.25, 0.3) is 0 Å². The van der Waals surface area contributed by atoms with E-state index in [0.717, 1.165) is 19.5 Å². The van der Waals surface area contributed by atoms with Crippen molar-refractivity contribution >= 4 is 6.09 Å². The van der Waals surface area contributed by atoms with Crippen LogP contribution in [0.1, 0.15) is 53.4 Å². The van der Waals surface area contributed by atoms with E-state index in [1.54, 1.807) is 4.90 Å². The van der Waals surface area contributed by atoms with Gasteiger partial charge in [-0.15, -0.1) is 0 Å². The van der Waals surface area contributed by atoms with Gasteiger partial charge >= 0.3 is 6.09 Å². The third-order valence-corrected chi connectivity index (χ3v) is 3.67. The number of hydrogen-bond acceptors (Lipinski definition) is 3. The molecule has 0 bridgehead atoms. The monoisotopic (exact) mass is 270 g/mol. The number of carbonyl (C=O) groups excluding carboxylic acids is 1. The Labute approximate surface area is 117 Å². The maximum atomic E-state index is 12.0. The number of nitrogens with one attached hydrogen (secondary N) is 1. The Kier molecular flexibility index (Phi) is 6.11. The van der Waals surface area contributed by atoms with Crippen molar-refractivity contribution in [1.29, 1.82) is 0 Å². The van der Waals surface area contributed by atoms with E-state index in [-0.39, 0.29) is 12.1 Å². The molecule has 19 heavy (non-hydrogen) atoms. The molecular formula is C15H30N2O2. The Balaban J connectivity index is 2.42. The van der Waals surface area contributed by atoms with Crippen LogP contribution in [0.2, 0.25) is 0 Å². The van der Waals surface area contributed by atoms with Gasteiger partial charge < -0.3 is 15.0 Å². The van der Waals surface area contributed by atoms with Crippen LogP contribution >= 0.6 is 0 Å². The standard InChI is InChI=1S/C15H30N2O2/c1-12(10-13-8-6-7-9-16-11-13)17(5)14(18)19-15(2,3)4/h12-13,16H,6-11H2,1-5H3. The van der Waals surface area contributed by atoms with Gasteiger partial charge in [0.15, 0.2) is 0 Å². The highest BCUT2D eigenvalue weighted by molar-refractivity contribution is 5.68. The lowest BCUT2D eigenvalue weighted by Crippen LogP contribution is -2.40. The molecule has 1 aliphatic rings. The van der Waals surface area contributed by atoms with Crippen LogP contribution in [0.4, 0.5) is 4.79 Å². The summed E-state index contributed by atoms with van der Waals surface area (Å²) in [6, 6.07) is 0.222. The van der Waals surface area contributed by atoms with E-state index >= 15 is 0 Å². The normalized spacial score (nSPS) is 22.5. The molecule has 0 saturated carbocycles. The molecule has 0 radical (unpaired) electrons. The van der Waals surface area contributed by atoms with E-state index < -0.39 is 5.60 Å². The fourth-order valence-corrected chi connectivity index (χ4v) is 2.45. The van der Waals surface area contributed by atoms with Crippen molar-refractivity contribution in [3.8, 4) is 0 Å². The van der Waals surface area contributed by atoms with Gasteiger partial charge in [0.25, 0.3) is 0 Å². The first-order valence-corrected chi connectivity index (χ1v) is 7.46. The van der Waals surface area contributed by atoms with E-state index in [1.165, 1.54) is 19.3 Å². The van der Waals surface area contributed by atoms with Crippen molar-refractivity contribution < 1.29 is 9.53 Å². The molecule has 1 rings (SSSR count). The van der Waals surface area contributed by atoms with Crippen LogP contribution < -0.4 is 5.32 Å². The summed E-state index contributed by atoms with van der Waals surface area (Å²) >= 11 is 0. The minimum atomic E-state index is -0.422. The molecule has 4 heteroatoms. The summed E-state index contributed by atoms with van der Waals surface area (Å²) in [7, 11) is 1.84. The minimum absolute atomic E-state index is 0.221. The predicted octanol–water partition coefficient (Wildman–Crippen LogP) is 3.02. The maximum absolute atomic E-state index is 12.0. The number of hydrogen-bond donors (Lipinski definition) is 1. The second-order valence-electron chi connectivity index (χ2n) is 6.74. The molecule has 0 spiro atoms. The molecule has 1 aliphatic heterocycles. The summed E-state index contributed by atoms with van der Waals surface area (Å²) in [5.41, 5.74) is -0.422. The molecular weight excluding hydrogens is 240 g/mol. The first-order chi connectivity index (χ1) is 8.79. The summed E-state index contributed by atoms with van der Waals surface area (Å²) in [6.45, 7) is 10.0. The smallest absolute Gasteiger partial charge is 0.410 e. The second kappa shape index (κ2) is 7.13. The molecule has 0 aliphatic carbocycles. The highest BCUT2D eigenvalue weighted by Crippen LogP contribution is 2.20. The first kappa shape index (κ1) is 16.3. The van der Waals surface area contributed by atoms with E-state index in [2.05, 4.69) is 12.2 Å². The molecule has 0 aromatic heterocycles. The van der Waals surface area contributed by atoms with E-state index in [4.69, 9.17) is 4.74 Å². The largest absolute Gasteiger partial charge is 0.444 e. The minimum Gasteiger partial charge on any atom is -0.444 e. The zero-order chi connectivity index (χ0) is 14.5. The van der Waals surface area contributed by atoms with E-state index in [9.17, 15) is 4.79 Å². The molecule has 0 aromatic carbocycles. The zero-order valence-electron chi connectivity index (χ0n) is 13.2. The van der Waals surface area contributed by atoms with Gasteiger partial charge in [0.2, 0.25) is 0 Å². The number of amides is 1. The molecule has 2 unspecified atom stereocenters. The van der Waals surface area contributed by atoms with Crippen molar-refractivity contribution in [2.45, 2.75) is 65.0 Å². The third kappa shape index (κ3) is 6.28. The van der Waals surface area contributed by atoms with Crippen molar-refractivity contribution in [3.63, 3.8) is 0 Å². The van der Waals surface area contributed by atoms with Gasteiger partial charge in [0.05, 0.1) is 0 Å². The summed E-state index contributed by atoms with van der Waals surface area (Å²) < 4.78 is 5.41. The fourth-order valence-electron chi connectivity index (χ4n) is 2.45. The van der Waals surface area contributed by atoms with Gasteiger partial charge in [-0.3, -0.25) is 0 Å². The van der Waals surface area contributed by atoms with Gasteiger partial charge in [0.1, 0.15) is 5.60 Å². The zero-order valence-corrected chi connectivity index (χ0v) is 13.2. The number of nitrogens with zero attached hydrogens (tertiary/aromatic N) is 1. The van der Waals surface area contributed by atoms with E-state index in [1.807, 2.05) is 27.8 Å². The Morgan fingerprint density at radius 3 is 2.74 bits per heavy atom. The quantitative estimate of drug-likeness (QED) is 0.857. The molecule has 1 fully saturated rings. The molecule has 1 heterocycles. The average molecular weight is 270 g/mol. The third-order valence-electron chi connectivity index (χ3n) is 3.67. The van der Waals surface area contributed by atoms with Crippen molar-refractivity contribution in [2.75, 3.05) is 20.1 Å². The van der Waals surface area contributed by atoms with Crippen LogP contribution in [0, 0.1) is 5.92 Å². The van der Waals surface area contributed by atoms with Crippen LogP contribution in [-0.2, 0) is 4.74 Å². The van der Waals surface area contributed by atoms with Crippen LogP contribution in [0.5, 0.6) is 0 Å². The van der Waals surface area contributed by atoms with Crippen molar-refractivity contribution in [2.24, 2.45) is 5.92 Å². The van der Waals surface area contributed by atoms with Gasteiger partial charge in [-0.05, 0) is 66.0 Å². The SMILES string of the molecule is CC(CC1CCCCNC1)N(C)C(=O)OC(C)(C)C. The highest BCUT2D eigenvalue weighted by atomic mass is 16.6. The number of carbonyl (C=O) groups is 1. The molecule has 0 aromatic rings.